The summed E-state index contributed by atoms with van der Waals surface area (Å²) in [6, 6.07) is 11.1. The number of aromatic nitrogens is 7. The number of fused-ring (bicyclic) bond motifs is 1. The number of anilines is 1. The first-order chi connectivity index (χ1) is 15.6. The Hall–Kier alpha value is -4.21. The predicted octanol–water partition coefficient (Wildman–Crippen LogP) is 3.72. The summed E-state index contributed by atoms with van der Waals surface area (Å²) in [5, 5.41) is 8.48. The lowest BCUT2D eigenvalue weighted by molar-refractivity contribution is 0.395. The van der Waals surface area contributed by atoms with Crippen LogP contribution in [0.2, 0.25) is 0 Å². The Bertz CT molecular complexity index is 1380. The molecule has 5 aromatic rings. The van der Waals surface area contributed by atoms with Gasteiger partial charge >= 0.3 is 0 Å². The number of nitrogens with zero attached hydrogens (tertiary/aromatic N) is 7. The highest BCUT2D eigenvalue weighted by molar-refractivity contribution is 5.65. The molecule has 0 saturated heterocycles. The summed E-state index contributed by atoms with van der Waals surface area (Å²) in [4.78, 5) is 13.2. The van der Waals surface area contributed by atoms with Crippen LogP contribution in [-0.4, -0.2) is 41.0 Å². The third-order valence-corrected chi connectivity index (χ3v) is 5.12. The maximum Gasteiger partial charge on any atom is 0.240 e. The first-order valence-corrected chi connectivity index (χ1v) is 9.92. The summed E-state index contributed by atoms with van der Waals surface area (Å²) in [5.41, 5.74) is 9.21. The van der Waals surface area contributed by atoms with Crippen LogP contribution in [0.1, 0.15) is 18.0 Å². The maximum atomic E-state index is 13.3. The fourth-order valence-electron chi connectivity index (χ4n) is 3.58. The molecule has 0 radical (unpaired) electrons. The number of rotatable bonds is 6. The molecule has 0 aliphatic carbocycles. The Morgan fingerprint density at radius 3 is 2.69 bits per heavy atom. The van der Waals surface area contributed by atoms with E-state index in [1.54, 1.807) is 58.3 Å². The fourth-order valence-corrected chi connectivity index (χ4v) is 3.58. The summed E-state index contributed by atoms with van der Waals surface area (Å²) < 4.78 is 29.8. The Morgan fingerprint density at radius 1 is 1.03 bits per heavy atom. The van der Waals surface area contributed by atoms with Crippen molar-refractivity contribution in [2.75, 3.05) is 12.4 Å². The van der Waals surface area contributed by atoms with Gasteiger partial charge in [0.05, 0.1) is 24.6 Å². The molecule has 160 valence electrons. The van der Waals surface area contributed by atoms with Gasteiger partial charge in [-0.15, -0.1) is 5.10 Å². The van der Waals surface area contributed by atoms with E-state index in [1.165, 1.54) is 12.1 Å². The van der Waals surface area contributed by atoms with Crippen molar-refractivity contribution >= 4 is 11.6 Å². The van der Waals surface area contributed by atoms with Crippen molar-refractivity contribution in [3.63, 3.8) is 0 Å². The van der Waals surface area contributed by atoms with Crippen LogP contribution in [0.3, 0.4) is 0 Å². The zero-order valence-corrected chi connectivity index (χ0v) is 16.8. The molecule has 0 amide bonds. The summed E-state index contributed by atoms with van der Waals surface area (Å²) in [7, 11) is 0. The third kappa shape index (κ3) is 3.78. The van der Waals surface area contributed by atoms with Gasteiger partial charge in [-0.3, -0.25) is 9.07 Å². The second kappa shape index (κ2) is 8.14. The average Bonchev–Trinajstić information content (AvgIpc) is 3.44. The summed E-state index contributed by atoms with van der Waals surface area (Å²) in [5.74, 6) is 0.362. The number of halogens is 2. The summed E-state index contributed by atoms with van der Waals surface area (Å²) >= 11 is 0. The lowest BCUT2D eigenvalue weighted by atomic mass is 10.0. The SMILES string of the molecule is Nc1nc2cc(-c3nccc(-c4cnn(C(CCF)c5ccc(F)cc5)c4)n3)ccn2n1. The van der Waals surface area contributed by atoms with Crippen molar-refractivity contribution in [3.8, 4) is 22.6 Å². The van der Waals surface area contributed by atoms with Gasteiger partial charge in [0.2, 0.25) is 5.95 Å². The second-order valence-corrected chi connectivity index (χ2v) is 7.21. The number of nitrogens with two attached hydrogens (primary N) is 1. The Kier molecular flexibility index (Phi) is 5.02. The van der Waals surface area contributed by atoms with Gasteiger partial charge in [0.1, 0.15) is 5.82 Å². The van der Waals surface area contributed by atoms with E-state index in [-0.39, 0.29) is 24.2 Å². The monoisotopic (exact) mass is 432 g/mol. The lowest BCUT2D eigenvalue weighted by Crippen LogP contribution is -2.12. The van der Waals surface area contributed by atoms with Crippen LogP contribution in [0.15, 0.2) is 67.3 Å². The molecule has 0 spiro atoms. The van der Waals surface area contributed by atoms with Crippen LogP contribution >= 0.6 is 0 Å². The zero-order valence-electron chi connectivity index (χ0n) is 16.8. The van der Waals surface area contributed by atoms with E-state index in [4.69, 9.17) is 5.73 Å². The largest absolute Gasteiger partial charge is 0.366 e. The molecule has 8 nitrogen and oxygen atoms in total. The van der Waals surface area contributed by atoms with Gasteiger partial charge in [-0.1, -0.05) is 12.1 Å². The smallest absolute Gasteiger partial charge is 0.240 e. The molecule has 0 fully saturated rings. The first-order valence-electron chi connectivity index (χ1n) is 9.92. The van der Waals surface area contributed by atoms with Crippen LogP contribution in [0.5, 0.6) is 0 Å². The van der Waals surface area contributed by atoms with Gasteiger partial charge in [0.15, 0.2) is 11.5 Å². The molecule has 1 atom stereocenters. The quantitative estimate of drug-likeness (QED) is 0.439. The molecule has 0 bridgehead atoms. The molecule has 1 aromatic carbocycles. The van der Waals surface area contributed by atoms with Crippen LogP contribution in [0.4, 0.5) is 14.7 Å². The van der Waals surface area contributed by atoms with Crippen LogP contribution in [0, 0.1) is 5.82 Å². The Morgan fingerprint density at radius 2 is 1.88 bits per heavy atom. The molecule has 0 aliphatic rings. The normalized spacial score (nSPS) is 12.3. The van der Waals surface area contributed by atoms with Gasteiger partial charge in [0.25, 0.3) is 0 Å². The van der Waals surface area contributed by atoms with E-state index in [1.807, 2.05) is 6.07 Å². The number of pyridine rings is 1. The van der Waals surface area contributed by atoms with Gasteiger partial charge in [-0.05, 0) is 35.9 Å². The summed E-state index contributed by atoms with van der Waals surface area (Å²) in [6.07, 6.45) is 7.10. The van der Waals surface area contributed by atoms with E-state index in [0.29, 0.717) is 17.2 Å². The molecule has 2 N–H and O–H groups in total. The van der Waals surface area contributed by atoms with Crippen LogP contribution in [-0.2, 0) is 0 Å². The predicted molar refractivity (Wildman–Crippen MR) is 115 cm³/mol. The maximum absolute atomic E-state index is 13.3. The van der Waals surface area contributed by atoms with E-state index in [0.717, 1.165) is 16.7 Å². The Labute approximate surface area is 181 Å². The highest BCUT2D eigenvalue weighted by atomic mass is 19.1. The molecule has 0 aliphatic heterocycles. The van der Waals surface area contributed by atoms with Gasteiger partial charge in [-0.25, -0.2) is 18.9 Å². The highest BCUT2D eigenvalue weighted by Crippen LogP contribution is 2.26. The van der Waals surface area contributed by atoms with E-state index >= 15 is 0 Å². The van der Waals surface area contributed by atoms with Gasteiger partial charge < -0.3 is 5.73 Å². The van der Waals surface area contributed by atoms with Crippen molar-refractivity contribution in [2.24, 2.45) is 0 Å². The Balaban J connectivity index is 1.47. The molecular weight excluding hydrogens is 414 g/mol. The molecule has 1 unspecified atom stereocenters. The fraction of sp³-hybridized carbons (Fsp3) is 0.136. The van der Waals surface area contributed by atoms with E-state index in [2.05, 4.69) is 25.1 Å². The standard InChI is InChI=1S/C22H18F2N8/c23-8-5-19(14-1-3-17(24)4-2-14)32-13-16(12-27-32)18-6-9-26-21(28-18)15-7-10-31-20(11-15)29-22(25)30-31/h1-4,6-7,9-13,19H,5,8H2,(H2,25,30). The van der Waals surface area contributed by atoms with Crippen molar-refractivity contribution in [1.29, 1.82) is 0 Å². The molecule has 4 heterocycles. The number of benzene rings is 1. The minimum absolute atomic E-state index is 0.188. The van der Waals surface area contributed by atoms with Crippen molar-refractivity contribution < 1.29 is 8.78 Å². The number of hydrogen-bond donors (Lipinski definition) is 1. The third-order valence-electron chi connectivity index (χ3n) is 5.12. The van der Waals surface area contributed by atoms with Crippen LogP contribution < -0.4 is 5.73 Å². The first kappa shape index (κ1) is 19.7. The summed E-state index contributed by atoms with van der Waals surface area (Å²) in [6.45, 7) is -0.523. The van der Waals surface area contributed by atoms with E-state index < -0.39 is 6.67 Å². The topological polar surface area (TPSA) is 99.8 Å². The zero-order chi connectivity index (χ0) is 22.1. The number of hydrogen-bond acceptors (Lipinski definition) is 6. The molecule has 5 rings (SSSR count). The number of alkyl halides is 1. The minimum Gasteiger partial charge on any atom is -0.366 e. The molecular formula is C22H18F2N8. The number of nitrogen functional groups attached to an aromatic ring is 1. The lowest BCUT2D eigenvalue weighted by Gasteiger charge is -2.16. The van der Waals surface area contributed by atoms with Crippen molar-refractivity contribution in [2.45, 2.75) is 12.5 Å². The van der Waals surface area contributed by atoms with Gasteiger partial charge in [-0.2, -0.15) is 10.1 Å². The van der Waals surface area contributed by atoms with Crippen molar-refractivity contribution in [3.05, 3.63) is 78.6 Å². The van der Waals surface area contributed by atoms with E-state index in [9.17, 15) is 8.78 Å². The van der Waals surface area contributed by atoms with Gasteiger partial charge in [0, 0.05) is 36.1 Å². The average molecular weight is 432 g/mol. The minimum atomic E-state index is -0.523. The molecule has 0 saturated carbocycles. The van der Waals surface area contributed by atoms with Crippen molar-refractivity contribution in [1.82, 2.24) is 34.3 Å². The van der Waals surface area contributed by atoms with Crippen LogP contribution in [0.25, 0.3) is 28.3 Å². The second-order valence-electron chi connectivity index (χ2n) is 7.21. The highest BCUT2D eigenvalue weighted by Gasteiger charge is 2.16. The molecule has 4 aromatic heterocycles. The molecule has 10 heteroatoms. The molecule has 32 heavy (non-hydrogen) atoms.